The van der Waals surface area contributed by atoms with Crippen LogP contribution in [0.1, 0.15) is 56.6 Å². The van der Waals surface area contributed by atoms with Crippen molar-refractivity contribution in [2.24, 2.45) is 0 Å². The van der Waals surface area contributed by atoms with Gasteiger partial charge in [0, 0.05) is 18.3 Å². The average molecular weight is 538 g/mol. The molecule has 0 spiro atoms. The number of benzene rings is 2. The van der Waals surface area contributed by atoms with Crippen molar-refractivity contribution in [3.05, 3.63) is 63.6 Å². The van der Waals surface area contributed by atoms with E-state index in [0.29, 0.717) is 28.8 Å². The van der Waals surface area contributed by atoms with Crippen molar-refractivity contribution in [3.8, 4) is 5.75 Å². The van der Waals surface area contributed by atoms with E-state index in [4.69, 9.17) is 27.9 Å². The van der Waals surface area contributed by atoms with Crippen molar-refractivity contribution >= 4 is 46.8 Å². The zero-order chi connectivity index (χ0) is 25.2. The number of nitrogens with one attached hydrogen (secondary N) is 1. The smallest absolute Gasteiger partial charge is 0.243 e. The first-order chi connectivity index (χ1) is 16.9. The second-order valence-corrected chi connectivity index (χ2v) is 10.7. The molecule has 2 aromatic rings. The van der Waals surface area contributed by atoms with E-state index in [2.05, 4.69) is 5.32 Å². The van der Waals surface area contributed by atoms with Crippen LogP contribution >= 0.6 is 35.0 Å². The fraction of sp³-hybridized carbons (Fsp3) is 0.481. The van der Waals surface area contributed by atoms with Crippen LogP contribution in [0.5, 0.6) is 5.75 Å². The summed E-state index contributed by atoms with van der Waals surface area (Å²) in [5, 5.41) is 4.23. The van der Waals surface area contributed by atoms with Gasteiger partial charge in [-0.1, -0.05) is 67.6 Å². The molecule has 1 aliphatic carbocycles. The Bertz CT molecular complexity index is 981. The minimum absolute atomic E-state index is 0.0588. The van der Waals surface area contributed by atoms with Crippen LogP contribution in [0.4, 0.5) is 0 Å². The van der Waals surface area contributed by atoms with Gasteiger partial charge in [0.1, 0.15) is 11.8 Å². The lowest BCUT2D eigenvalue weighted by molar-refractivity contribution is -0.139. The molecule has 0 unspecified atom stereocenters. The number of ether oxygens (including phenoxy) is 1. The van der Waals surface area contributed by atoms with E-state index < -0.39 is 6.04 Å². The number of methoxy groups -OCH3 is 1. The number of rotatable bonds is 11. The highest BCUT2D eigenvalue weighted by Crippen LogP contribution is 2.25. The number of carbonyl (C=O) groups excluding carboxylic acids is 2. The van der Waals surface area contributed by atoms with E-state index in [1.807, 2.05) is 43.3 Å². The second-order valence-electron chi connectivity index (χ2n) is 8.88. The Kier molecular flexibility index (Phi) is 11.1. The van der Waals surface area contributed by atoms with E-state index in [1.165, 1.54) is 18.2 Å². The second kappa shape index (κ2) is 14.0. The summed E-state index contributed by atoms with van der Waals surface area (Å²) in [6.07, 6.45) is 6.07. The van der Waals surface area contributed by atoms with Gasteiger partial charge in [0.2, 0.25) is 11.8 Å². The van der Waals surface area contributed by atoms with Crippen molar-refractivity contribution in [1.82, 2.24) is 10.2 Å². The summed E-state index contributed by atoms with van der Waals surface area (Å²) in [6, 6.07) is 12.8. The average Bonchev–Trinajstić information content (AvgIpc) is 2.87. The van der Waals surface area contributed by atoms with Crippen LogP contribution in [0.3, 0.4) is 0 Å². The number of hydrogen-bond acceptors (Lipinski definition) is 4. The predicted molar refractivity (Wildman–Crippen MR) is 145 cm³/mol. The molecule has 8 heteroatoms. The maximum absolute atomic E-state index is 13.4. The van der Waals surface area contributed by atoms with Gasteiger partial charge in [-0.2, -0.15) is 0 Å². The molecule has 1 aliphatic rings. The first kappa shape index (κ1) is 27.7. The predicted octanol–water partition coefficient (Wildman–Crippen LogP) is 6.49. The van der Waals surface area contributed by atoms with E-state index in [-0.39, 0.29) is 23.6 Å². The molecule has 0 saturated heterocycles. The molecule has 1 fully saturated rings. The van der Waals surface area contributed by atoms with Gasteiger partial charge in [-0.25, -0.2) is 0 Å². The highest BCUT2D eigenvalue weighted by molar-refractivity contribution is 7.99. The third-order valence-corrected chi connectivity index (χ3v) is 8.06. The van der Waals surface area contributed by atoms with Crippen LogP contribution in [-0.2, 0) is 21.9 Å². The highest BCUT2D eigenvalue weighted by Gasteiger charge is 2.30. The zero-order valence-corrected chi connectivity index (χ0v) is 22.7. The van der Waals surface area contributed by atoms with Crippen LogP contribution in [0.2, 0.25) is 10.0 Å². The van der Waals surface area contributed by atoms with Crippen LogP contribution in [0.15, 0.2) is 42.5 Å². The molecule has 1 saturated carbocycles. The van der Waals surface area contributed by atoms with Gasteiger partial charge >= 0.3 is 0 Å². The van der Waals surface area contributed by atoms with Crippen LogP contribution in [0, 0.1) is 0 Å². The van der Waals surface area contributed by atoms with Gasteiger partial charge in [-0.3, -0.25) is 9.59 Å². The maximum Gasteiger partial charge on any atom is 0.243 e. The van der Waals surface area contributed by atoms with Crippen molar-refractivity contribution in [2.45, 2.75) is 69.8 Å². The molecule has 1 atom stereocenters. The molecule has 0 aliphatic heterocycles. The first-order valence-electron chi connectivity index (χ1n) is 12.2. The summed E-state index contributed by atoms with van der Waals surface area (Å²) in [4.78, 5) is 28.4. The van der Waals surface area contributed by atoms with Crippen molar-refractivity contribution in [1.29, 1.82) is 0 Å². The molecule has 2 aromatic carbocycles. The fourth-order valence-electron chi connectivity index (χ4n) is 4.36. The van der Waals surface area contributed by atoms with Crippen LogP contribution < -0.4 is 10.1 Å². The molecule has 0 heterocycles. The molecule has 0 radical (unpaired) electrons. The first-order valence-corrected chi connectivity index (χ1v) is 14.1. The highest BCUT2D eigenvalue weighted by atomic mass is 35.5. The Hall–Kier alpha value is -1.89. The van der Waals surface area contributed by atoms with Gasteiger partial charge in [0.15, 0.2) is 0 Å². The van der Waals surface area contributed by atoms with Crippen LogP contribution in [0.25, 0.3) is 0 Å². The Balaban J connectivity index is 1.70. The number of halogens is 2. The van der Waals surface area contributed by atoms with E-state index >= 15 is 0 Å². The van der Waals surface area contributed by atoms with Gasteiger partial charge < -0.3 is 15.0 Å². The minimum Gasteiger partial charge on any atom is -0.497 e. The van der Waals surface area contributed by atoms with Crippen LogP contribution in [-0.4, -0.2) is 41.7 Å². The number of hydrogen-bond donors (Lipinski definition) is 1. The largest absolute Gasteiger partial charge is 0.497 e. The third-order valence-electron chi connectivity index (χ3n) is 6.33. The topological polar surface area (TPSA) is 58.6 Å². The molecule has 0 aromatic heterocycles. The summed E-state index contributed by atoms with van der Waals surface area (Å²) in [6.45, 7) is 2.33. The number of carbonyl (C=O) groups is 2. The van der Waals surface area contributed by atoms with E-state index in [9.17, 15) is 9.59 Å². The van der Waals surface area contributed by atoms with Gasteiger partial charge in [0.05, 0.1) is 22.9 Å². The standard InChI is InChI=1S/C27H34Cl2N2O3S/c1-3-25(27(33)30-21-7-5-4-6-8-21)31(16-19-9-12-22(34-2)13-10-19)26(32)18-35-17-20-11-14-23(28)24(29)15-20/h9-15,21,25H,3-8,16-18H2,1-2H3,(H,30,33)/t25-/m0/s1. The Morgan fingerprint density at radius 3 is 2.37 bits per heavy atom. The lowest BCUT2D eigenvalue weighted by Gasteiger charge is -2.32. The Labute approximate surface area is 222 Å². The lowest BCUT2D eigenvalue weighted by atomic mass is 9.95. The monoisotopic (exact) mass is 536 g/mol. The summed E-state index contributed by atoms with van der Waals surface area (Å²) < 4.78 is 5.26. The molecule has 1 N–H and O–H groups in total. The van der Waals surface area contributed by atoms with Crippen molar-refractivity contribution < 1.29 is 14.3 Å². The van der Waals surface area contributed by atoms with Crippen molar-refractivity contribution in [2.75, 3.05) is 12.9 Å². The lowest BCUT2D eigenvalue weighted by Crippen LogP contribution is -2.52. The molecular weight excluding hydrogens is 503 g/mol. The number of amides is 2. The Morgan fingerprint density at radius 2 is 1.74 bits per heavy atom. The number of thioether (sulfide) groups is 1. The molecule has 0 bridgehead atoms. The molecule has 190 valence electrons. The summed E-state index contributed by atoms with van der Waals surface area (Å²) >= 11 is 13.6. The van der Waals surface area contributed by atoms with E-state index in [1.54, 1.807) is 18.1 Å². The van der Waals surface area contributed by atoms with Gasteiger partial charge in [-0.15, -0.1) is 11.8 Å². The molecule has 3 rings (SSSR count). The summed E-state index contributed by atoms with van der Waals surface area (Å²) in [5.41, 5.74) is 1.96. The molecule has 5 nitrogen and oxygen atoms in total. The maximum atomic E-state index is 13.4. The van der Waals surface area contributed by atoms with Gasteiger partial charge in [0.25, 0.3) is 0 Å². The zero-order valence-electron chi connectivity index (χ0n) is 20.4. The Morgan fingerprint density at radius 1 is 1.06 bits per heavy atom. The number of nitrogens with zero attached hydrogens (tertiary/aromatic N) is 1. The summed E-state index contributed by atoms with van der Waals surface area (Å²) in [5.74, 6) is 1.53. The van der Waals surface area contributed by atoms with Gasteiger partial charge in [-0.05, 0) is 54.7 Å². The molecular formula is C27H34Cl2N2O3S. The molecule has 35 heavy (non-hydrogen) atoms. The fourth-order valence-corrected chi connectivity index (χ4v) is 5.54. The quantitative estimate of drug-likeness (QED) is 0.356. The summed E-state index contributed by atoms with van der Waals surface area (Å²) in [7, 11) is 1.62. The van der Waals surface area contributed by atoms with E-state index in [0.717, 1.165) is 42.6 Å². The SMILES string of the molecule is CC[C@@H](C(=O)NC1CCCCC1)N(Cc1ccc(OC)cc1)C(=O)CSCc1ccc(Cl)c(Cl)c1. The normalized spacial score (nSPS) is 14.9. The third kappa shape index (κ3) is 8.33. The molecule has 2 amide bonds. The van der Waals surface area contributed by atoms with Crippen molar-refractivity contribution in [3.63, 3.8) is 0 Å². The minimum atomic E-state index is -0.517.